The first-order valence-corrected chi connectivity index (χ1v) is 11.0. The number of carbonyl (C=O) groups excluding carboxylic acids is 1. The van der Waals surface area contributed by atoms with Crippen LogP contribution in [0, 0.1) is 0 Å². The third-order valence-corrected chi connectivity index (χ3v) is 7.05. The Hall–Kier alpha value is -1.84. The van der Waals surface area contributed by atoms with Crippen LogP contribution in [0.2, 0.25) is 0 Å². The van der Waals surface area contributed by atoms with Gasteiger partial charge in [0.05, 0.1) is 12.3 Å². The molecule has 0 atom stereocenters. The Kier molecular flexibility index (Phi) is 5.69. The quantitative estimate of drug-likeness (QED) is 0.770. The van der Waals surface area contributed by atoms with E-state index < -0.39 is 9.84 Å². The molecule has 140 valence electrons. The summed E-state index contributed by atoms with van der Waals surface area (Å²) in [5.74, 6) is 0.0127. The van der Waals surface area contributed by atoms with E-state index in [0.717, 1.165) is 17.1 Å². The Labute approximate surface area is 157 Å². The number of carbonyl (C=O) groups is 1. The maximum absolute atomic E-state index is 12.7. The minimum absolute atomic E-state index is 0.00726. The Morgan fingerprint density at radius 3 is 2.50 bits per heavy atom. The molecular formula is C17H21N3O4S2. The number of sulfone groups is 1. The summed E-state index contributed by atoms with van der Waals surface area (Å²) in [5.41, 5.74) is 2.22. The fourth-order valence-electron chi connectivity index (χ4n) is 3.14. The topological polar surface area (TPSA) is 89.5 Å². The third kappa shape index (κ3) is 4.11. The zero-order valence-electron chi connectivity index (χ0n) is 14.7. The van der Waals surface area contributed by atoms with E-state index in [1.54, 1.807) is 7.11 Å². The molecule has 1 fully saturated rings. The highest BCUT2D eigenvalue weighted by atomic mass is 32.2. The fourth-order valence-corrected chi connectivity index (χ4v) is 4.88. The highest BCUT2D eigenvalue weighted by molar-refractivity contribution is 7.92. The number of nitrogens with zero attached hydrogens (tertiary/aromatic N) is 3. The minimum Gasteiger partial charge on any atom is -0.380 e. The van der Waals surface area contributed by atoms with Crippen LogP contribution in [0.1, 0.15) is 40.4 Å². The number of methoxy groups -OCH3 is 1. The first kappa shape index (κ1) is 18.9. The van der Waals surface area contributed by atoms with Crippen molar-refractivity contribution in [1.82, 2.24) is 14.5 Å². The van der Waals surface area contributed by atoms with Crippen molar-refractivity contribution in [2.24, 2.45) is 0 Å². The molecule has 0 aliphatic carbocycles. The predicted molar refractivity (Wildman–Crippen MR) is 98.1 cm³/mol. The SMILES string of the molecule is COCc1ccc(C(=O)N2CCC(c3nnsc3S(C)(=O)=O)CC2)cc1. The molecule has 1 aromatic heterocycles. The molecule has 1 saturated heterocycles. The van der Waals surface area contributed by atoms with E-state index in [2.05, 4.69) is 9.59 Å². The molecule has 1 aliphatic rings. The summed E-state index contributed by atoms with van der Waals surface area (Å²) in [5, 5.41) is 4.04. The first-order chi connectivity index (χ1) is 12.4. The van der Waals surface area contributed by atoms with Crippen molar-refractivity contribution in [3.63, 3.8) is 0 Å². The summed E-state index contributed by atoms with van der Waals surface area (Å²) in [7, 11) is -1.68. The van der Waals surface area contributed by atoms with E-state index in [-0.39, 0.29) is 16.0 Å². The molecule has 0 N–H and O–H groups in total. The van der Waals surface area contributed by atoms with Crippen LogP contribution >= 0.6 is 11.5 Å². The normalized spacial score (nSPS) is 16.0. The number of hydrogen-bond donors (Lipinski definition) is 0. The number of benzene rings is 1. The van der Waals surface area contributed by atoms with Crippen LogP contribution in [0.5, 0.6) is 0 Å². The van der Waals surface area contributed by atoms with Gasteiger partial charge in [-0.25, -0.2) is 8.42 Å². The van der Waals surface area contributed by atoms with E-state index >= 15 is 0 Å². The summed E-state index contributed by atoms with van der Waals surface area (Å²) in [6.07, 6.45) is 2.54. The standard InChI is InChI=1S/C17H21N3O4S2/c1-24-11-12-3-5-14(6-4-12)16(21)20-9-7-13(8-10-20)15-17(25-19-18-15)26(2,22)23/h3-6,13H,7-11H2,1-2H3. The lowest BCUT2D eigenvalue weighted by molar-refractivity contribution is 0.0711. The Morgan fingerprint density at radius 2 is 1.92 bits per heavy atom. The van der Waals surface area contributed by atoms with Gasteiger partial charge >= 0.3 is 0 Å². The monoisotopic (exact) mass is 395 g/mol. The van der Waals surface area contributed by atoms with Crippen molar-refractivity contribution < 1.29 is 17.9 Å². The van der Waals surface area contributed by atoms with Crippen LogP contribution in [0.4, 0.5) is 0 Å². The van der Waals surface area contributed by atoms with Gasteiger partial charge in [-0.2, -0.15) is 0 Å². The molecule has 1 aromatic carbocycles. The van der Waals surface area contributed by atoms with Gasteiger partial charge in [-0.3, -0.25) is 4.79 Å². The molecule has 3 rings (SSSR count). The predicted octanol–water partition coefficient (Wildman–Crippen LogP) is 2.11. The lowest BCUT2D eigenvalue weighted by Gasteiger charge is -2.31. The molecule has 0 spiro atoms. The Balaban J connectivity index is 1.65. The van der Waals surface area contributed by atoms with E-state index in [0.29, 0.717) is 43.8 Å². The third-order valence-electron chi connectivity index (χ3n) is 4.50. The van der Waals surface area contributed by atoms with Gasteiger partial charge in [0.2, 0.25) is 0 Å². The molecule has 1 aliphatic heterocycles. The average Bonchev–Trinajstić information content (AvgIpc) is 3.12. The van der Waals surface area contributed by atoms with Crippen molar-refractivity contribution in [3.8, 4) is 0 Å². The smallest absolute Gasteiger partial charge is 0.253 e. The van der Waals surface area contributed by atoms with Gasteiger partial charge in [0.25, 0.3) is 5.91 Å². The van der Waals surface area contributed by atoms with Crippen LogP contribution in [-0.2, 0) is 21.2 Å². The fraction of sp³-hybridized carbons (Fsp3) is 0.471. The second-order valence-corrected chi connectivity index (χ2v) is 9.38. The van der Waals surface area contributed by atoms with Gasteiger partial charge < -0.3 is 9.64 Å². The second kappa shape index (κ2) is 7.81. The Bertz CT molecular complexity index is 870. The van der Waals surface area contributed by atoms with Gasteiger partial charge in [0.15, 0.2) is 14.0 Å². The van der Waals surface area contributed by atoms with E-state index in [1.807, 2.05) is 29.2 Å². The number of piperidine rings is 1. The minimum atomic E-state index is -3.32. The maximum atomic E-state index is 12.7. The van der Waals surface area contributed by atoms with Crippen LogP contribution in [0.3, 0.4) is 0 Å². The number of hydrogen-bond acceptors (Lipinski definition) is 7. The zero-order valence-corrected chi connectivity index (χ0v) is 16.3. The van der Waals surface area contributed by atoms with Gasteiger partial charge in [-0.15, -0.1) is 5.10 Å². The lowest BCUT2D eigenvalue weighted by Crippen LogP contribution is -2.38. The van der Waals surface area contributed by atoms with Crippen LogP contribution in [0.15, 0.2) is 28.5 Å². The summed E-state index contributed by atoms with van der Waals surface area (Å²) in [4.78, 5) is 14.5. The number of rotatable bonds is 5. The molecule has 0 bridgehead atoms. The van der Waals surface area contributed by atoms with Crippen molar-refractivity contribution in [2.45, 2.75) is 29.6 Å². The molecule has 1 amide bonds. The summed E-state index contributed by atoms with van der Waals surface area (Å²) >= 11 is 0.920. The van der Waals surface area contributed by atoms with E-state index in [9.17, 15) is 13.2 Å². The van der Waals surface area contributed by atoms with Crippen molar-refractivity contribution in [3.05, 3.63) is 41.1 Å². The molecule has 26 heavy (non-hydrogen) atoms. The lowest BCUT2D eigenvalue weighted by atomic mass is 9.94. The highest BCUT2D eigenvalue weighted by Gasteiger charge is 2.30. The first-order valence-electron chi connectivity index (χ1n) is 8.29. The molecule has 7 nitrogen and oxygen atoms in total. The van der Waals surface area contributed by atoms with Crippen molar-refractivity contribution in [1.29, 1.82) is 0 Å². The van der Waals surface area contributed by atoms with Gasteiger partial charge in [0, 0.05) is 49.5 Å². The number of aromatic nitrogens is 2. The van der Waals surface area contributed by atoms with Gasteiger partial charge in [-0.05, 0) is 30.5 Å². The highest BCUT2D eigenvalue weighted by Crippen LogP contribution is 2.33. The number of ether oxygens (including phenoxy) is 1. The number of amides is 1. The summed E-state index contributed by atoms with van der Waals surface area (Å²) < 4.78 is 32.8. The molecular weight excluding hydrogens is 374 g/mol. The van der Waals surface area contributed by atoms with E-state index in [4.69, 9.17) is 4.74 Å². The molecule has 0 unspecified atom stereocenters. The second-order valence-electron chi connectivity index (χ2n) is 6.41. The average molecular weight is 396 g/mol. The van der Waals surface area contributed by atoms with E-state index in [1.165, 1.54) is 6.26 Å². The molecule has 9 heteroatoms. The largest absolute Gasteiger partial charge is 0.380 e. The zero-order chi connectivity index (χ0) is 18.7. The van der Waals surface area contributed by atoms with Crippen molar-refractivity contribution >= 4 is 27.3 Å². The molecule has 0 radical (unpaired) electrons. The maximum Gasteiger partial charge on any atom is 0.253 e. The summed E-state index contributed by atoms with van der Waals surface area (Å²) in [6.45, 7) is 1.66. The molecule has 2 aromatic rings. The molecule has 2 heterocycles. The van der Waals surface area contributed by atoms with Crippen LogP contribution < -0.4 is 0 Å². The van der Waals surface area contributed by atoms with Crippen LogP contribution in [-0.4, -0.2) is 55.3 Å². The summed E-state index contributed by atoms with van der Waals surface area (Å²) in [6, 6.07) is 7.41. The van der Waals surface area contributed by atoms with Gasteiger partial charge in [-0.1, -0.05) is 16.6 Å². The molecule has 0 saturated carbocycles. The Morgan fingerprint density at radius 1 is 1.27 bits per heavy atom. The van der Waals surface area contributed by atoms with Gasteiger partial charge in [0.1, 0.15) is 0 Å². The van der Waals surface area contributed by atoms with Crippen molar-refractivity contribution in [2.75, 3.05) is 26.5 Å². The number of likely N-dealkylation sites (tertiary alicyclic amines) is 1. The van der Waals surface area contributed by atoms with Crippen LogP contribution in [0.25, 0.3) is 0 Å².